The maximum atomic E-state index is 14.4. The van der Waals surface area contributed by atoms with Gasteiger partial charge in [-0.05, 0) is 92.1 Å². The van der Waals surface area contributed by atoms with E-state index in [-0.39, 0.29) is 37.4 Å². The van der Waals surface area contributed by atoms with Crippen molar-refractivity contribution in [2.24, 2.45) is 23.7 Å². The van der Waals surface area contributed by atoms with Gasteiger partial charge in [-0.25, -0.2) is 0 Å². The maximum Gasteiger partial charge on any atom is 0.316 e. The van der Waals surface area contributed by atoms with Gasteiger partial charge in [-0.3, -0.25) is 24.0 Å². The Morgan fingerprint density at radius 1 is 1.02 bits per heavy atom. The Hall–Kier alpha value is -3.11. The molecule has 0 bridgehead atoms. The smallest absolute Gasteiger partial charge is 0.316 e. The van der Waals surface area contributed by atoms with Gasteiger partial charge in [-0.15, -0.1) is 0 Å². The fourth-order valence-corrected chi connectivity index (χ4v) is 8.47. The number of rotatable bonds is 12. The molecular formula is C42H66N4O10. The van der Waals surface area contributed by atoms with E-state index in [0.29, 0.717) is 25.8 Å². The number of aliphatic hydroxyl groups excluding tert-OH is 1. The quantitative estimate of drug-likeness (QED) is 0.175. The lowest BCUT2D eigenvalue weighted by Gasteiger charge is -2.47. The van der Waals surface area contributed by atoms with Gasteiger partial charge in [0.1, 0.15) is 29.5 Å². The first-order valence-electron chi connectivity index (χ1n) is 20.1. The molecule has 2 N–H and O–H groups in total. The lowest BCUT2D eigenvalue weighted by molar-refractivity contribution is -0.295. The molecule has 4 rings (SSSR count). The van der Waals surface area contributed by atoms with E-state index in [1.165, 1.54) is 21.0 Å². The van der Waals surface area contributed by atoms with Crippen LogP contribution >= 0.6 is 0 Å². The second-order valence-electron chi connectivity index (χ2n) is 16.6. The third-order valence-corrected chi connectivity index (χ3v) is 11.9. The first-order valence-corrected chi connectivity index (χ1v) is 20.1. The highest BCUT2D eigenvalue weighted by molar-refractivity contribution is 6.00. The lowest BCUT2D eigenvalue weighted by Crippen LogP contribution is -2.60. The van der Waals surface area contributed by atoms with Crippen LogP contribution in [0.1, 0.15) is 87.5 Å². The summed E-state index contributed by atoms with van der Waals surface area (Å²) in [7, 11) is 5.23. The van der Waals surface area contributed by atoms with E-state index in [2.05, 4.69) is 10.1 Å². The minimum absolute atomic E-state index is 0.125. The largest absolute Gasteiger partial charge is 0.459 e. The highest BCUT2D eigenvalue weighted by atomic mass is 16.7. The molecule has 314 valence electrons. The number of aromatic nitrogens is 3. The molecule has 2 fully saturated rings. The van der Waals surface area contributed by atoms with Crippen LogP contribution in [0.15, 0.2) is 36.8 Å². The molecular weight excluding hydrogens is 720 g/mol. The van der Waals surface area contributed by atoms with Gasteiger partial charge in [0, 0.05) is 68.2 Å². The highest BCUT2D eigenvalue weighted by Gasteiger charge is 2.52. The number of Topliss-reactive ketones (excluding diaryl/α,β-unsaturated/α-hetero) is 2. The summed E-state index contributed by atoms with van der Waals surface area (Å²) in [5, 5.41) is 28.2. The van der Waals surface area contributed by atoms with E-state index in [1.54, 1.807) is 47.0 Å². The van der Waals surface area contributed by atoms with Crippen molar-refractivity contribution in [1.82, 2.24) is 19.7 Å². The number of ketones is 2. The van der Waals surface area contributed by atoms with Crippen molar-refractivity contribution in [3.63, 3.8) is 0 Å². The average Bonchev–Trinajstić information content (AvgIpc) is 3.65. The Bertz CT molecular complexity index is 1590. The van der Waals surface area contributed by atoms with Crippen molar-refractivity contribution < 1.29 is 48.3 Å². The molecule has 14 heteroatoms. The minimum Gasteiger partial charge on any atom is -0.459 e. The van der Waals surface area contributed by atoms with Crippen LogP contribution in [0.4, 0.5) is 0 Å². The minimum atomic E-state index is -1.79. The number of aliphatic hydroxyl groups is 2. The van der Waals surface area contributed by atoms with Crippen LogP contribution in [-0.4, -0.2) is 129 Å². The van der Waals surface area contributed by atoms with Gasteiger partial charge in [-0.2, -0.15) is 5.10 Å². The Kier molecular flexibility index (Phi) is 15.9. The molecule has 2 aliphatic rings. The van der Waals surface area contributed by atoms with Gasteiger partial charge >= 0.3 is 5.97 Å². The fourth-order valence-electron chi connectivity index (χ4n) is 8.47. The lowest BCUT2D eigenvalue weighted by atomic mass is 9.74. The first kappa shape index (κ1) is 45.6. The zero-order valence-corrected chi connectivity index (χ0v) is 35.2. The van der Waals surface area contributed by atoms with Crippen LogP contribution in [0.3, 0.4) is 0 Å². The van der Waals surface area contributed by atoms with Crippen molar-refractivity contribution in [2.75, 3.05) is 27.8 Å². The van der Waals surface area contributed by atoms with Crippen molar-refractivity contribution >= 4 is 17.5 Å². The molecule has 0 amide bonds. The van der Waals surface area contributed by atoms with Gasteiger partial charge in [0.05, 0.1) is 29.6 Å². The molecule has 0 spiro atoms. The fraction of sp³-hybridized carbons (Fsp3) is 0.738. The zero-order chi connectivity index (χ0) is 41.5. The normalized spacial score (nSPS) is 36.7. The number of carbonyl (C=O) groups excluding carboxylic acids is 3. The summed E-state index contributed by atoms with van der Waals surface area (Å²) >= 11 is 0. The summed E-state index contributed by atoms with van der Waals surface area (Å²) in [5.74, 6) is -5.13. The number of esters is 1. The molecule has 2 aromatic rings. The Balaban J connectivity index is 1.59. The van der Waals surface area contributed by atoms with Crippen molar-refractivity contribution in [1.29, 1.82) is 0 Å². The Morgan fingerprint density at radius 2 is 1.71 bits per heavy atom. The van der Waals surface area contributed by atoms with Crippen molar-refractivity contribution in [2.45, 2.75) is 148 Å². The number of unbranched alkanes of at least 4 members (excludes halogenated alkanes) is 1. The summed E-state index contributed by atoms with van der Waals surface area (Å²) < 4.78 is 33.0. The van der Waals surface area contributed by atoms with Gasteiger partial charge in [-0.1, -0.05) is 27.7 Å². The third kappa shape index (κ3) is 10.5. The van der Waals surface area contributed by atoms with E-state index in [1.807, 2.05) is 55.0 Å². The number of aryl methyl sites for hydroxylation is 1. The molecule has 0 radical (unpaired) electrons. The van der Waals surface area contributed by atoms with E-state index in [4.69, 9.17) is 23.7 Å². The van der Waals surface area contributed by atoms with Gasteiger partial charge < -0.3 is 38.8 Å². The maximum absolute atomic E-state index is 14.4. The number of pyridine rings is 1. The molecule has 2 aliphatic heterocycles. The first-order chi connectivity index (χ1) is 26.4. The van der Waals surface area contributed by atoms with Crippen LogP contribution in [0.2, 0.25) is 0 Å². The zero-order valence-electron chi connectivity index (χ0n) is 35.2. The number of hydrogen-bond donors (Lipinski definition) is 2. The molecule has 0 aliphatic carbocycles. The molecule has 1 unspecified atom stereocenters. The number of methoxy groups -OCH3 is 1. The second kappa shape index (κ2) is 19.6. The molecule has 14 nitrogen and oxygen atoms in total. The molecule has 4 heterocycles. The highest BCUT2D eigenvalue weighted by Crippen LogP contribution is 2.39. The van der Waals surface area contributed by atoms with Crippen molar-refractivity contribution in [3.05, 3.63) is 36.8 Å². The monoisotopic (exact) mass is 786 g/mol. The van der Waals surface area contributed by atoms with E-state index >= 15 is 0 Å². The van der Waals surface area contributed by atoms with Crippen LogP contribution in [0.5, 0.6) is 0 Å². The molecule has 13 atom stereocenters. The summed E-state index contributed by atoms with van der Waals surface area (Å²) in [6.07, 6.45) is 2.04. The van der Waals surface area contributed by atoms with Crippen LogP contribution in [0, 0.1) is 23.7 Å². The van der Waals surface area contributed by atoms with Gasteiger partial charge in [0.2, 0.25) is 0 Å². The van der Waals surface area contributed by atoms with Crippen LogP contribution in [-0.2, 0) is 44.6 Å². The Morgan fingerprint density at radius 3 is 2.34 bits per heavy atom. The number of ether oxygens (including phenoxy) is 5. The Labute approximate surface area is 332 Å². The SMILES string of the molecule is CC[C@H]1OC(=O)[C@H](C)C(=O)[C@H](C)[C@@H](O[C@@H]2O[C@H](C)C[C@H](N(C)C)[C@H]2O)[C@@](C)(OC)C[C@@H](C)C(=O)[C@H](C)C(OCCCCn2ccc(-c3cccnc3)n2)[C@]1(C)O. The van der Waals surface area contributed by atoms with Crippen molar-refractivity contribution in [3.8, 4) is 11.3 Å². The van der Waals surface area contributed by atoms with E-state index < -0.39 is 77.3 Å². The molecule has 56 heavy (non-hydrogen) atoms. The molecule has 2 aromatic heterocycles. The van der Waals surface area contributed by atoms with Gasteiger partial charge in [0.15, 0.2) is 12.1 Å². The predicted octanol–water partition coefficient (Wildman–Crippen LogP) is 4.49. The average molecular weight is 787 g/mol. The third-order valence-electron chi connectivity index (χ3n) is 11.9. The standard InChI is InChI=1S/C42H66N4O10/c1-12-33-42(8,51)38(53-21-14-13-19-46-20-17-31(44-46)30-16-15-18-43-24-30)27(4)34(47)25(2)23-41(7,52-11)37(28(5)35(48)29(6)39(50)55-33)56-40-36(49)32(45(9)10)22-26(3)54-40/h15-18,20,24-29,32-33,36-38,40,49,51H,12-14,19,21-23H2,1-11H3/t25-,26-,27+,28+,29-,32+,33-,36-,37-,38?,40+,41+,42-/m1/s1. The van der Waals surface area contributed by atoms with E-state index in [0.717, 1.165) is 11.3 Å². The molecule has 2 saturated heterocycles. The summed E-state index contributed by atoms with van der Waals surface area (Å²) in [4.78, 5) is 48.4. The number of carbonyl (C=O) groups is 3. The predicted molar refractivity (Wildman–Crippen MR) is 209 cm³/mol. The molecule has 0 saturated carbocycles. The van der Waals surface area contributed by atoms with Crippen LogP contribution in [0.25, 0.3) is 11.3 Å². The number of cyclic esters (lactones) is 1. The number of likely N-dealkylation sites (N-methyl/N-ethyl adjacent to an activating group) is 1. The van der Waals surface area contributed by atoms with Crippen LogP contribution < -0.4 is 0 Å². The topological polar surface area (TPSA) is 172 Å². The number of nitrogens with zero attached hydrogens (tertiary/aromatic N) is 4. The number of hydrogen-bond acceptors (Lipinski definition) is 13. The second-order valence-corrected chi connectivity index (χ2v) is 16.6. The van der Waals surface area contributed by atoms with Gasteiger partial charge in [0.25, 0.3) is 0 Å². The summed E-state index contributed by atoms with van der Waals surface area (Å²) in [5.41, 5.74) is -1.30. The van der Waals surface area contributed by atoms with E-state index in [9.17, 15) is 24.6 Å². The summed E-state index contributed by atoms with van der Waals surface area (Å²) in [6.45, 7) is 14.5. The molecule has 0 aromatic carbocycles. The summed E-state index contributed by atoms with van der Waals surface area (Å²) in [6, 6.07) is 5.48.